The molecule has 94 valence electrons. The van der Waals surface area contributed by atoms with Gasteiger partial charge in [0, 0.05) is 28.1 Å². The monoisotopic (exact) mass is 373 g/mol. The molecule has 0 unspecified atom stereocenters. The van der Waals surface area contributed by atoms with Crippen LogP contribution in [0.3, 0.4) is 0 Å². The molecule has 0 amide bonds. The molecule has 0 fully saturated rings. The number of rotatable bonds is 3. The lowest BCUT2D eigenvalue weighted by atomic mass is 10.3. The van der Waals surface area contributed by atoms with Gasteiger partial charge >= 0.3 is 4.60 Å². The average Bonchev–Trinajstić information content (AvgIpc) is 2.39. The molecule has 0 spiro atoms. The van der Waals surface area contributed by atoms with Gasteiger partial charge in [0.05, 0.1) is 11.6 Å². The highest BCUT2D eigenvalue weighted by molar-refractivity contribution is 9.11. The molecule has 2 aromatic rings. The summed E-state index contributed by atoms with van der Waals surface area (Å²) in [7, 11) is 1.58. The number of hydrogen-bond acceptors (Lipinski definition) is 3. The molecule has 4 nitrogen and oxygen atoms in total. The minimum absolute atomic E-state index is 0.305. The van der Waals surface area contributed by atoms with Crippen LogP contribution in [-0.2, 0) is 0 Å². The normalized spacial score (nSPS) is 10.2. The van der Waals surface area contributed by atoms with Crippen LogP contribution in [0.5, 0.6) is 17.2 Å². The smallest absolute Gasteiger partial charge is 0.303 e. The van der Waals surface area contributed by atoms with E-state index >= 15 is 0 Å². The molecule has 18 heavy (non-hydrogen) atoms. The lowest BCUT2D eigenvalue weighted by molar-refractivity contribution is -0.617. The summed E-state index contributed by atoms with van der Waals surface area (Å²) in [6.45, 7) is 0. The molecule has 0 aliphatic carbocycles. The SMILES string of the molecule is COc1cccc(Oc2c(Br)cc[n+]([O-])c2Br)c1. The summed E-state index contributed by atoms with van der Waals surface area (Å²) in [6, 6.07) is 8.76. The second kappa shape index (κ2) is 5.58. The fourth-order valence-electron chi connectivity index (χ4n) is 1.35. The topological polar surface area (TPSA) is 45.4 Å². The third kappa shape index (κ3) is 2.76. The van der Waals surface area contributed by atoms with Crippen molar-refractivity contribution < 1.29 is 14.2 Å². The van der Waals surface area contributed by atoms with Crippen LogP contribution in [0.1, 0.15) is 0 Å². The van der Waals surface area contributed by atoms with Crippen molar-refractivity contribution in [2.24, 2.45) is 0 Å². The zero-order chi connectivity index (χ0) is 13.1. The van der Waals surface area contributed by atoms with Crippen LogP contribution < -0.4 is 14.2 Å². The number of nitrogens with zero attached hydrogens (tertiary/aromatic N) is 1. The Morgan fingerprint density at radius 3 is 2.61 bits per heavy atom. The third-order valence-electron chi connectivity index (χ3n) is 2.22. The molecule has 1 aromatic carbocycles. The number of benzene rings is 1. The molecule has 1 heterocycles. The van der Waals surface area contributed by atoms with Gasteiger partial charge in [-0.3, -0.25) is 0 Å². The van der Waals surface area contributed by atoms with Gasteiger partial charge in [0.15, 0.2) is 6.20 Å². The summed E-state index contributed by atoms with van der Waals surface area (Å²) in [5.41, 5.74) is 0. The Morgan fingerprint density at radius 1 is 1.17 bits per heavy atom. The summed E-state index contributed by atoms with van der Waals surface area (Å²) in [6.07, 6.45) is 1.38. The minimum atomic E-state index is 0.305. The Balaban J connectivity index is 2.36. The van der Waals surface area contributed by atoms with E-state index in [1.54, 1.807) is 25.3 Å². The maximum atomic E-state index is 11.4. The molecule has 0 aliphatic heterocycles. The van der Waals surface area contributed by atoms with Crippen LogP contribution in [0.25, 0.3) is 0 Å². The van der Waals surface area contributed by atoms with Crippen LogP contribution in [0.2, 0.25) is 0 Å². The van der Waals surface area contributed by atoms with Crippen molar-refractivity contribution in [1.82, 2.24) is 0 Å². The first-order chi connectivity index (χ1) is 8.61. The second-order valence-electron chi connectivity index (χ2n) is 3.39. The number of pyridine rings is 1. The standard InChI is InChI=1S/C12H9Br2NO3/c1-17-8-3-2-4-9(7-8)18-11-10(13)5-6-15(16)12(11)14/h2-7H,1H3. The maximum absolute atomic E-state index is 11.4. The van der Waals surface area contributed by atoms with Crippen LogP contribution in [0, 0.1) is 5.21 Å². The molecule has 0 saturated carbocycles. The van der Waals surface area contributed by atoms with Crippen LogP contribution in [0.4, 0.5) is 0 Å². The Labute approximate surface area is 121 Å². The predicted molar refractivity (Wildman–Crippen MR) is 73.9 cm³/mol. The molecule has 1 aromatic heterocycles. The summed E-state index contributed by atoms with van der Waals surface area (Å²) in [5.74, 6) is 1.69. The summed E-state index contributed by atoms with van der Waals surface area (Å²) >= 11 is 6.52. The van der Waals surface area contributed by atoms with E-state index in [2.05, 4.69) is 31.9 Å². The van der Waals surface area contributed by atoms with Crippen molar-refractivity contribution in [3.63, 3.8) is 0 Å². The van der Waals surface area contributed by atoms with Crippen LogP contribution in [0.15, 0.2) is 45.6 Å². The van der Waals surface area contributed by atoms with Crippen molar-refractivity contribution in [2.45, 2.75) is 0 Å². The van der Waals surface area contributed by atoms with Gasteiger partial charge in [0.1, 0.15) is 11.5 Å². The van der Waals surface area contributed by atoms with E-state index < -0.39 is 0 Å². The number of methoxy groups -OCH3 is 1. The van der Waals surface area contributed by atoms with Crippen molar-refractivity contribution in [2.75, 3.05) is 7.11 Å². The Hall–Kier alpha value is -1.27. The number of halogens is 2. The summed E-state index contributed by atoms with van der Waals surface area (Å²) in [5, 5.41) is 11.4. The van der Waals surface area contributed by atoms with Gasteiger partial charge in [0.25, 0.3) is 0 Å². The molecule has 0 saturated heterocycles. The molecular weight excluding hydrogens is 366 g/mol. The molecule has 0 aliphatic rings. The summed E-state index contributed by atoms with van der Waals surface area (Å²) in [4.78, 5) is 0. The minimum Gasteiger partial charge on any atom is -0.618 e. The fourth-order valence-corrected chi connectivity index (χ4v) is 2.41. The molecule has 6 heteroatoms. The van der Waals surface area contributed by atoms with Crippen LogP contribution >= 0.6 is 31.9 Å². The first kappa shape index (κ1) is 13.2. The molecular formula is C12H9Br2NO3. The van der Waals surface area contributed by atoms with Gasteiger partial charge in [-0.05, 0) is 28.1 Å². The lowest BCUT2D eigenvalue weighted by Gasteiger charge is -2.10. The van der Waals surface area contributed by atoms with Crippen molar-refractivity contribution >= 4 is 31.9 Å². The van der Waals surface area contributed by atoms with E-state index in [0.717, 1.165) is 0 Å². The quantitative estimate of drug-likeness (QED) is 0.468. The van der Waals surface area contributed by atoms with Gasteiger partial charge in [-0.15, -0.1) is 0 Å². The molecule has 0 radical (unpaired) electrons. The van der Waals surface area contributed by atoms with Crippen LogP contribution in [-0.4, -0.2) is 7.11 Å². The van der Waals surface area contributed by atoms with E-state index in [0.29, 0.717) is 31.1 Å². The van der Waals surface area contributed by atoms with E-state index in [-0.39, 0.29) is 0 Å². The highest BCUT2D eigenvalue weighted by Crippen LogP contribution is 2.35. The zero-order valence-electron chi connectivity index (χ0n) is 9.39. The van der Waals surface area contributed by atoms with E-state index in [4.69, 9.17) is 9.47 Å². The lowest BCUT2D eigenvalue weighted by Crippen LogP contribution is -2.27. The molecule has 0 bridgehead atoms. The largest absolute Gasteiger partial charge is 0.618 e. The van der Waals surface area contributed by atoms with Gasteiger partial charge in [-0.1, -0.05) is 6.07 Å². The highest BCUT2D eigenvalue weighted by Gasteiger charge is 2.16. The van der Waals surface area contributed by atoms with Gasteiger partial charge < -0.3 is 14.7 Å². The van der Waals surface area contributed by atoms with E-state index in [9.17, 15) is 5.21 Å². The first-order valence-electron chi connectivity index (χ1n) is 5.01. The molecule has 2 rings (SSSR count). The third-order valence-corrected chi connectivity index (χ3v) is 3.55. The Bertz CT molecular complexity index is 575. The maximum Gasteiger partial charge on any atom is 0.303 e. The Kier molecular flexibility index (Phi) is 4.08. The average molecular weight is 375 g/mol. The Morgan fingerprint density at radius 2 is 1.89 bits per heavy atom. The fraction of sp³-hybridized carbons (Fsp3) is 0.0833. The number of ether oxygens (including phenoxy) is 2. The number of hydrogen-bond donors (Lipinski definition) is 0. The molecule has 0 N–H and O–H groups in total. The van der Waals surface area contributed by atoms with Crippen molar-refractivity contribution in [3.05, 3.63) is 50.8 Å². The van der Waals surface area contributed by atoms with E-state index in [1.165, 1.54) is 6.20 Å². The van der Waals surface area contributed by atoms with Gasteiger partial charge in [-0.25, -0.2) is 0 Å². The predicted octanol–water partition coefficient (Wildman–Crippen LogP) is 3.65. The first-order valence-corrected chi connectivity index (χ1v) is 6.59. The van der Waals surface area contributed by atoms with Crippen molar-refractivity contribution in [3.8, 4) is 17.2 Å². The molecule has 0 atom stereocenters. The highest BCUT2D eigenvalue weighted by atomic mass is 79.9. The van der Waals surface area contributed by atoms with Gasteiger partial charge in [-0.2, -0.15) is 4.73 Å². The van der Waals surface area contributed by atoms with E-state index in [1.807, 2.05) is 12.1 Å². The van der Waals surface area contributed by atoms with Gasteiger partial charge in [0.2, 0.25) is 5.75 Å². The number of aromatic nitrogens is 1. The second-order valence-corrected chi connectivity index (χ2v) is 5.00. The zero-order valence-corrected chi connectivity index (χ0v) is 12.6. The summed E-state index contributed by atoms with van der Waals surface area (Å²) < 4.78 is 12.4. The van der Waals surface area contributed by atoms with Crippen molar-refractivity contribution in [1.29, 1.82) is 0 Å².